The largest absolute Gasteiger partial charge is 0.491 e. The fourth-order valence-corrected chi connectivity index (χ4v) is 2.37. The predicted octanol–water partition coefficient (Wildman–Crippen LogP) is 4.24. The van der Waals surface area contributed by atoms with Gasteiger partial charge in [0, 0.05) is 13.0 Å². The summed E-state index contributed by atoms with van der Waals surface area (Å²) >= 11 is 0. The third kappa shape index (κ3) is 5.12. The maximum Gasteiger partial charge on any atom is 0.383 e. The molecule has 0 aliphatic heterocycles. The van der Waals surface area contributed by atoms with Crippen molar-refractivity contribution < 1.29 is 23.4 Å². The minimum atomic E-state index is -0.770. The molecule has 0 atom stereocenters. The van der Waals surface area contributed by atoms with Crippen LogP contribution in [0.25, 0.3) is 11.0 Å². The highest BCUT2D eigenvalue weighted by atomic mass is 16.6. The van der Waals surface area contributed by atoms with E-state index in [2.05, 4.69) is 0 Å². The third-order valence-corrected chi connectivity index (χ3v) is 3.34. The Labute approximate surface area is 152 Å². The zero-order valence-electron chi connectivity index (χ0n) is 15.5. The highest BCUT2D eigenvalue weighted by molar-refractivity contribution is 5.87. The fourth-order valence-electron chi connectivity index (χ4n) is 2.37. The molecule has 0 fully saturated rings. The van der Waals surface area contributed by atoms with E-state index in [0.717, 1.165) is 6.42 Å². The summed E-state index contributed by atoms with van der Waals surface area (Å²) in [4.78, 5) is 23.6. The molecular formula is C20H24O6. The third-order valence-electron chi connectivity index (χ3n) is 3.34. The first-order valence-corrected chi connectivity index (χ1v) is 8.66. The second kappa shape index (κ2) is 9.08. The first kappa shape index (κ1) is 19.6. The minimum absolute atomic E-state index is 0.0134. The van der Waals surface area contributed by atoms with Gasteiger partial charge in [0.1, 0.15) is 11.3 Å². The van der Waals surface area contributed by atoms with Gasteiger partial charge in [-0.2, -0.15) is 0 Å². The number of fused-ring (bicyclic) bond motifs is 1. The number of esters is 1. The van der Waals surface area contributed by atoms with E-state index in [4.69, 9.17) is 18.6 Å². The van der Waals surface area contributed by atoms with Crippen molar-refractivity contribution in [1.82, 2.24) is 0 Å². The van der Waals surface area contributed by atoms with Gasteiger partial charge >= 0.3 is 11.6 Å². The molecule has 0 saturated carbocycles. The van der Waals surface area contributed by atoms with Crippen molar-refractivity contribution in [1.29, 1.82) is 0 Å². The number of hydrogen-bond acceptors (Lipinski definition) is 6. The molecule has 0 aliphatic carbocycles. The van der Waals surface area contributed by atoms with Gasteiger partial charge < -0.3 is 18.6 Å². The molecule has 1 heterocycles. The molecule has 0 radical (unpaired) electrons. The van der Waals surface area contributed by atoms with E-state index < -0.39 is 11.6 Å². The molecule has 1 aromatic carbocycles. The Kier molecular flexibility index (Phi) is 6.83. The Bertz CT molecular complexity index is 847. The van der Waals surface area contributed by atoms with Crippen LogP contribution in [-0.2, 0) is 4.79 Å². The first-order chi connectivity index (χ1) is 12.4. The summed E-state index contributed by atoms with van der Waals surface area (Å²) in [7, 11) is 0. The average Bonchev–Trinajstić information content (AvgIpc) is 2.56. The van der Waals surface area contributed by atoms with Gasteiger partial charge in [0.2, 0.25) is 0 Å². The lowest BCUT2D eigenvalue weighted by Gasteiger charge is -2.13. The van der Waals surface area contributed by atoms with E-state index in [1.807, 2.05) is 32.9 Å². The summed E-state index contributed by atoms with van der Waals surface area (Å²) < 4.78 is 21.7. The van der Waals surface area contributed by atoms with Crippen molar-refractivity contribution in [2.45, 2.75) is 46.6 Å². The van der Waals surface area contributed by atoms with Crippen LogP contribution in [0.15, 0.2) is 39.6 Å². The Morgan fingerprint density at radius 1 is 1.23 bits per heavy atom. The molecule has 0 aliphatic rings. The molecule has 6 heteroatoms. The Balaban J connectivity index is 2.45. The van der Waals surface area contributed by atoms with Crippen LogP contribution in [0.4, 0.5) is 0 Å². The molecule has 0 amide bonds. The molecule has 140 valence electrons. The average molecular weight is 360 g/mol. The smallest absolute Gasteiger partial charge is 0.383 e. The van der Waals surface area contributed by atoms with E-state index in [0.29, 0.717) is 29.7 Å². The van der Waals surface area contributed by atoms with Crippen LogP contribution in [-0.4, -0.2) is 18.7 Å². The highest BCUT2D eigenvalue weighted by Gasteiger charge is 2.20. The second-order valence-corrected chi connectivity index (χ2v) is 5.98. The molecule has 2 aromatic rings. The van der Waals surface area contributed by atoms with E-state index in [-0.39, 0.29) is 17.6 Å². The number of ether oxygens (including phenoxy) is 3. The van der Waals surface area contributed by atoms with Crippen molar-refractivity contribution in [3.05, 3.63) is 40.8 Å². The number of carbonyl (C=O) groups excluding carboxylic acids is 1. The normalized spacial score (nSPS) is 11.3. The maximum atomic E-state index is 12.3. The lowest BCUT2D eigenvalue weighted by molar-refractivity contribution is -0.132. The summed E-state index contributed by atoms with van der Waals surface area (Å²) in [5, 5.41) is 0.538. The van der Waals surface area contributed by atoms with Gasteiger partial charge in [0.05, 0.1) is 18.1 Å². The van der Waals surface area contributed by atoms with Crippen molar-refractivity contribution in [3.8, 4) is 17.2 Å². The first-order valence-electron chi connectivity index (χ1n) is 8.66. The Hall–Kier alpha value is -2.76. The van der Waals surface area contributed by atoms with Crippen LogP contribution in [0, 0.1) is 0 Å². The quantitative estimate of drug-likeness (QED) is 0.303. The van der Waals surface area contributed by atoms with Crippen molar-refractivity contribution in [2.24, 2.45) is 0 Å². The van der Waals surface area contributed by atoms with Crippen LogP contribution in [0.3, 0.4) is 0 Å². The summed E-state index contributed by atoms with van der Waals surface area (Å²) in [6, 6.07) is 5.10. The summed E-state index contributed by atoms with van der Waals surface area (Å²) in [6.45, 7) is 7.42. The van der Waals surface area contributed by atoms with Crippen molar-refractivity contribution in [3.63, 3.8) is 0 Å². The number of hydrogen-bond donors (Lipinski definition) is 0. The van der Waals surface area contributed by atoms with Gasteiger partial charge in [0.15, 0.2) is 5.75 Å². The van der Waals surface area contributed by atoms with Gasteiger partial charge in [-0.1, -0.05) is 19.1 Å². The monoisotopic (exact) mass is 360 g/mol. The summed E-state index contributed by atoms with van der Waals surface area (Å²) in [5.74, 6) is -0.0747. The van der Waals surface area contributed by atoms with Crippen molar-refractivity contribution >= 4 is 16.9 Å². The van der Waals surface area contributed by atoms with E-state index >= 15 is 0 Å². The molecule has 0 saturated heterocycles. The molecule has 6 nitrogen and oxygen atoms in total. The lowest BCUT2D eigenvalue weighted by Crippen LogP contribution is -2.14. The predicted molar refractivity (Wildman–Crippen MR) is 99.1 cm³/mol. The van der Waals surface area contributed by atoms with Gasteiger partial charge in [-0.05, 0) is 38.8 Å². The Morgan fingerprint density at radius 3 is 2.65 bits per heavy atom. The van der Waals surface area contributed by atoms with Crippen LogP contribution in [0.5, 0.6) is 17.2 Å². The number of carbonyl (C=O) groups is 1. The molecule has 26 heavy (non-hydrogen) atoms. The standard InChI is InChI=1S/C20H24O6/c1-5-6-7-8-11-23-18-16-10-9-15(24-13(2)3)12-17(16)26-20(22)19(18)25-14(4)21/h6-7,9-10,12-13H,5,8,11H2,1-4H3. The Morgan fingerprint density at radius 2 is 2.00 bits per heavy atom. The van der Waals surface area contributed by atoms with Crippen molar-refractivity contribution in [2.75, 3.05) is 6.61 Å². The molecule has 0 N–H and O–H groups in total. The summed E-state index contributed by atoms with van der Waals surface area (Å²) in [5.41, 5.74) is -0.461. The van der Waals surface area contributed by atoms with Crippen LogP contribution in [0.2, 0.25) is 0 Å². The number of allylic oxidation sites excluding steroid dienone is 1. The molecule has 0 unspecified atom stereocenters. The van der Waals surface area contributed by atoms with Crippen LogP contribution < -0.4 is 19.8 Å². The van der Waals surface area contributed by atoms with Crippen LogP contribution in [0.1, 0.15) is 40.5 Å². The van der Waals surface area contributed by atoms with Crippen LogP contribution >= 0.6 is 0 Å². The van der Waals surface area contributed by atoms with E-state index in [9.17, 15) is 9.59 Å². The number of rotatable bonds is 8. The zero-order valence-corrected chi connectivity index (χ0v) is 15.5. The molecule has 0 spiro atoms. The van der Waals surface area contributed by atoms with E-state index in [1.54, 1.807) is 18.2 Å². The SMILES string of the molecule is CCC=CCCOc1c(OC(C)=O)c(=O)oc2cc(OC(C)C)ccc12. The van der Waals surface area contributed by atoms with E-state index in [1.165, 1.54) is 6.92 Å². The van der Waals surface area contributed by atoms with Gasteiger partial charge in [-0.25, -0.2) is 4.79 Å². The highest BCUT2D eigenvalue weighted by Crippen LogP contribution is 2.35. The van der Waals surface area contributed by atoms with Gasteiger partial charge in [-0.15, -0.1) is 0 Å². The minimum Gasteiger partial charge on any atom is -0.491 e. The number of benzene rings is 1. The molecule has 2 rings (SSSR count). The molecular weight excluding hydrogens is 336 g/mol. The molecule has 1 aromatic heterocycles. The zero-order chi connectivity index (χ0) is 19.1. The molecule has 0 bridgehead atoms. The fraction of sp³-hybridized carbons (Fsp3) is 0.400. The topological polar surface area (TPSA) is 75.0 Å². The second-order valence-electron chi connectivity index (χ2n) is 5.98. The summed E-state index contributed by atoms with van der Waals surface area (Å²) in [6.07, 6.45) is 5.62. The lowest BCUT2D eigenvalue weighted by atomic mass is 10.2. The van der Waals surface area contributed by atoms with Gasteiger partial charge in [0.25, 0.3) is 5.75 Å². The van der Waals surface area contributed by atoms with Gasteiger partial charge in [-0.3, -0.25) is 4.79 Å². The maximum absolute atomic E-state index is 12.3.